The molecule has 0 N–H and O–H groups in total. The summed E-state index contributed by atoms with van der Waals surface area (Å²) in [5.74, 6) is -1.91. The van der Waals surface area contributed by atoms with E-state index in [4.69, 9.17) is 18.9 Å². The van der Waals surface area contributed by atoms with E-state index >= 15 is 0 Å². The van der Waals surface area contributed by atoms with Crippen LogP contribution in [0.3, 0.4) is 0 Å². The molecule has 8 nitrogen and oxygen atoms in total. The number of cyclic esters (lactones) is 1. The number of carbonyl (C=O) groups is 4. The third-order valence-corrected chi connectivity index (χ3v) is 3.73. The Hall–Kier alpha value is -3.94. The lowest BCUT2D eigenvalue weighted by molar-refractivity contribution is -0.134. The summed E-state index contributed by atoms with van der Waals surface area (Å²) in [7, 11) is 0. The van der Waals surface area contributed by atoms with E-state index in [9.17, 15) is 19.2 Å². The zero-order chi connectivity index (χ0) is 21.1. The second-order valence-electron chi connectivity index (χ2n) is 6.06. The maximum Gasteiger partial charge on any atom is 0.348 e. The van der Waals surface area contributed by atoms with Gasteiger partial charge in [0.1, 0.15) is 17.1 Å². The van der Waals surface area contributed by atoms with Gasteiger partial charge in [-0.2, -0.15) is 0 Å². The average Bonchev–Trinajstić information content (AvgIpc) is 2.93. The smallest absolute Gasteiger partial charge is 0.348 e. The van der Waals surface area contributed by atoms with Gasteiger partial charge in [0.2, 0.25) is 0 Å². The molecule has 0 spiro atoms. The summed E-state index contributed by atoms with van der Waals surface area (Å²) >= 11 is 0. The number of hydrogen-bond donors (Lipinski definition) is 0. The molecule has 148 valence electrons. The van der Waals surface area contributed by atoms with Crippen molar-refractivity contribution in [3.8, 4) is 17.2 Å². The number of hydrogen-bond acceptors (Lipinski definition) is 8. The summed E-state index contributed by atoms with van der Waals surface area (Å²) < 4.78 is 20.5. The van der Waals surface area contributed by atoms with E-state index in [1.807, 2.05) is 0 Å². The molecular weight excluding hydrogens is 380 g/mol. The Balaban J connectivity index is 2.02. The van der Waals surface area contributed by atoms with Crippen molar-refractivity contribution in [2.75, 3.05) is 0 Å². The van der Waals surface area contributed by atoms with Gasteiger partial charge in [-0.1, -0.05) is 18.2 Å². The van der Waals surface area contributed by atoms with E-state index in [1.165, 1.54) is 39.0 Å². The normalized spacial score (nSPS) is 13.5. The fourth-order valence-electron chi connectivity index (χ4n) is 2.74. The lowest BCUT2D eigenvalue weighted by Gasteiger charge is -2.09. The highest BCUT2D eigenvalue weighted by Crippen LogP contribution is 2.38. The van der Waals surface area contributed by atoms with E-state index in [-0.39, 0.29) is 28.6 Å². The second-order valence-corrected chi connectivity index (χ2v) is 6.06. The number of rotatable bonds is 4. The van der Waals surface area contributed by atoms with Crippen molar-refractivity contribution in [2.45, 2.75) is 20.8 Å². The highest BCUT2D eigenvalue weighted by atomic mass is 16.6. The van der Waals surface area contributed by atoms with Gasteiger partial charge in [0.15, 0.2) is 11.5 Å². The van der Waals surface area contributed by atoms with Crippen molar-refractivity contribution in [3.63, 3.8) is 0 Å². The molecule has 0 atom stereocenters. The molecule has 1 heterocycles. The summed E-state index contributed by atoms with van der Waals surface area (Å²) in [6, 6.07) is 9.30. The Bertz CT molecular complexity index is 1060. The first-order valence-corrected chi connectivity index (χ1v) is 8.51. The zero-order valence-electron chi connectivity index (χ0n) is 15.8. The Morgan fingerprint density at radius 2 is 1.45 bits per heavy atom. The number of esters is 4. The van der Waals surface area contributed by atoms with E-state index in [0.29, 0.717) is 11.1 Å². The fraction of sp³-hybridized carbons (Fsp3) is 0.143. The Labute approximate surface area is 165 Å². The minimum Gasteiger partial charge on any atom is -0.426 e. The van der Waals surface area contributed by atoms with Crippen molar-refractivity contribution in [1.29, 1.82) is 0 Å². The molecule has 2 aromatic rings. The van der Waals surface area contributed by atoms with Crippen LogP contribution in [-0.4, -0.2) is 23.9 Å². The van der Waals surface area contributed by atoms with Crippen LogP contribution in [0.4, 0.5) is 0 Å². The lowest BCUT2D eigenvalue weighted by Crippen LogP contribution is -2.07. The minimum absolute atomic E-state index is 0.0419. The van der Waals surface area contributed by atoms with Gasteiger partial charge in [-0.25, -0.2) is 4.79 Å². The van der Waals surface area contributed by atoms with E-state index in [2.05, 4.69) is 0 Å². The molecule has 0 unspecified atom stereocenters. The van der Waals surface area contributed by atoms with E-state index < -0.39 is 23.9 Å². The van der Waals surface area contributed by atoms with Gasteiger partial charge in [-0.05, 0) is 29.8 Å². The van der Waals surface area contributed by atoms with Crippen LogP contribution >= 0.6 is 0 Å². The Morgan fingerprint density at radius 1 is 0.828 bits per heavy atom. The maximum absolute atomic E-state index is 12.3. The van der Waals surface area contributed by atoms with Crippen molar-refractivity contribution < 1.29 is 38.1 Å². The topological polar surface area (TPSA) is 105 Å². The monoisotopic (exact) mass is 396 g/mol. The second kappa shape index (κ2) is 7.97. The number of fused-ring (bicyclic) bond motifs is 1. The molecule has 1 aliphatic rings. The molecule has 2 aromatic carbocycles. The zero-order valence-corrected chi connectivity index (χ0v) is 15.8. The van der Waals surface area contributed by atoms with Crippen molar-refractivity contribution in [2.24, 2.45) is 0 Å². The predicted molar refractivity (Wildman–Crippen MR) is 100 cm³/mol. The standard InChI is InChI=1S/C21H16O8/c1-11(22)26-16-8-7-14(10-19(16)28-13(3)24)9-18-15-5-4-6-17(27-12(2)23)20(15)21(25)29-18/h4-10H,1-3H3/b18-9-. The summed E-state index contributed by atoms with van der Waals surface area (Å²) in [6.45, 7) is 3.68. The van der Waals surface area contributed by atoms with Gasteiger partial charge in [-0.15, -0.1) is 0 Å². The molecule has 0 aromatic heterocycles. The van der Waals surface area contributed by atoms with Crippen molar-refractivity contribution in [1.82, 2.24) is 0 Å². The third-order valence-electron chi connectivity index (χ3n) is 3.73. The van der Waals surface area contributed by atoms with Crippen LogP contribution < -0.4 is 14.2 Å². The van der Waals surface area contributed by atoms with Crippen molar-refractivity contribution >= 4 is 35.7 Å². The van der Waals surface area contributed by atoms with Crippen LogP contribution in [0.15, 0.2) is 36.4 Å². The van der Waals surface area contributed by atoms with E-state index in [0.717, 1.165) is 0 Å². The largest absolute Gasteiger partial charge is 0.426 e. The molecule has 8 heteroatoms. The highest BCUT2D eigenvalue weighted by molar-refractivity contribution is 6.08. The first-order valence-electron chi connectivity index (χ1n) is 8.51. The van der Waals surface area contributed by atoms with Crippen LogP contribution in [-0.2, 0) is 19.1 Å². The SMILES string of the molecule is CC(=O)Oc1ccc(/C=C2\OC(=O)c3c(OC(C)=O)cccc32)cc1OC(C)=O. The fourth-order valence-corrected chi connectivity index (χ4v) is 2.74. The first kappa shape index (κ1) is 19.8. The van der Waals surface area contributed by atoms with Gasteiger partial charge >= 0.3 is 23.9 Å². The van der Waals surface area contributed by atoms with Gasteiger partial charge in [-0.3, -0.25) is 14.4 Å². The molecule has 29 heavy (non-hydrogen) atoms. The van der Waals surface area contributed by atoms with Crippen LogP contribution in [0.25, 0.3) is 11.8 Å². The highest BCUT2D eigenvalue weighted by Gasteiger charge is 2.30. The molecule has 3 rings (SSSR count). The van der Waals surface area contributed by atoms with Crippen LogP contribution in [0.2, 0.25) is 0 Å². The molecular formula is C21H16O8. The third kappa shape index (κ3) is 4.49. The van der Waals surface area contributed by atoms with Gasteiger partial charge < -0.3 is 18.9 Å². The van der Waals surface area contributed by atoms with Crippen molar-refractivity contribution in [3.05, 3.63) is 53.1 Å². The Morgan fingerprint density at radius 3 is 2.10 bits per heavy atom. The summed E-state index contributed by atoms with van der Waals surface area (Å²) in [5.41, 5.74) is 1.11. The lowest BCUT2D eigenvalue weighted by atomic mass is 10.1. The molecule has 0 amide bonds. The maximum atomic E-state index is 12.3. The van der Waals surface area contributed by atoms with Crippen LogP contribution in [0.1, 0.15) is 42.3 Å². The average molecular weight is 396 g/mol. The molecule has 0 saturated heterocycles. The molecule has 0 fully saturated rings. The first-order chi connectivity index (χ1) is 13.7. The van der Waals surface area contributed by atoms with E-state index in [1.54, 1.807) is 24.3 Å². The molecule has 0 saturated carbocycles. The quantitative estimate of drug-likeness (QED) is 0.573. The minimum atomic E-state index is -0.653. The molecule has 0 aliphatic carbocycles. The number of benzene rings is 2. The predicted octanol–water partition coefficient (Wildman–Crippen LogP) is 3.13. The van der Waals surface area contributed by atoms with Crippen LogP contribution in [0.5, 0.6) is 17.2 Å². The summed E-state index contributed by atoms with van der Waals surface area (Å²) in [6.07, 6.45) is 1.55. The summed E-state index contributed by atoms with van der Waals surface area (Å²) in [5, 5.41) is 0. The summed E-state index contributed by atoms with van der Waals surface area (Å²) in [4.78, 5) is 46.1. The molecule has 0 radical (unpaired) electrons. The van der Waals surface area contributed by atoms with Gasteiger partial charge in [0, 0.05) is 26.3 Å². The molecule has 0 bridgehead atoms. The van der Waals surface area contributed by atoms with Gasteiger partial charge in [0.05, 0.1) is 0 Å². The molecule has 1 aliphatic heterocycles. The number of carbonyl (C=O) groups excluding carboxylic acids is 4. The Kier molecular flexibility index (Phi) is 5.45. The van der Waals surface area contributed by atoms with Crippen LogP contribution in [0, 0.1) is 0 Å². The number of ether oxygens (including phenoxy) is 4. The van der Waals surface area contributed by atoms with Gasteiger partial charge in [0.25, 0.3) is 0 Å².